The van der Waals surface area contributed by atoms with Crippen LogP contribution in [0.15, 0.2) is 48.7 Å². The molecule has 2 aromatic carbocycles. The molecule has 26 heavy (non-hydrogen) atoms. The van der Waals surface area contributed by atoms with Crippen molar-refractivity contribution in [2.45, 2.75) is 25.0 Å². The molecule has 4 nitrogen and oxygen atoms in total. The lowest BCUT2D eigenvalue weighted by atomic mass is 9.83. The minimum absolute atomic E-state index is 0.0552. The van der Waals surface area contributed by atoms with Crippen LogP contribution in [0.2, 0.25) is 5.02 Å². The third-order valence-corrected chi connectivity index (χ3v) is 5.98. The van der Waals surface area contributed by atoms with Crippen molar-refractivity contribution in [1.29, 1.82) is 0 Å². The Hall–Kier alpha value is -2.30. The first-order valence-corrected chi connectivity index (χ1v) is 9.32. The summed E-state index contributed by atoms with van der Waals surface area (Å²) in [4.78, 5) is 18.2. The second-order valence-electron chi connectivity index (χ2n) is 7.12. The number of hydrogen-bond acceptors (Lipinski definition) is 2. The fourth-order valence-corrected chi connectivity index (χ4v) is 4.48. The van der Waals surface area contributed by atoms with E-state index in [-0.39, 0.29) is 11.5 Å². The monoisotopic (exact) mass is 366 g/mol. The van der Waals surface area contributed by atoms with Gasteiger partial charge in [0.2, 0.25) is 0 Å². The number of aromatic nitrogens is 1. The summed E-state index contributed by atoms with van der Waals surface area (Å²) in [6.45, 7) is 2.06. The number of hydrogen-bond donors (Lipinski definition) is 1. The van der Waals surface area contributed by atoms with Crippen molar-refractivity contribution in [3.05, 3.63) is 70.4 Å². The summed E-state index contributed by atoms with van der Waals surface area (Å²) in [5.41, 5.74) is 3.96. The average molecular weight is 367 g/mol. The lowest BCUT2D eigenvalue weighted by Crippen LogP contribution is -2.45. The van der Waals surface area contributed by atoms with E-state index < -0.39 is 0 Å². The van der Waals surface area contributed by atoms with Crippen molar-refractivity contribution >= 4 is 28.4 Å². The molecular weight excluding hydrogens is 348 g/mol. The number of rotatable bonds is 1. The average Bonchev–Trinajstić information content (AvgIpc) is 3.24. The Morgan fingerprint density at radius 3 is 2.81 bits per heavy atom. The summed E-state index contributed by atoms with van der Waals surface area (Å²) in [6.07, 6.45) is 3.45. The number of likely N-dealkylation sites (tertiary alicyclic amines) is 1. The molecule has 2 aliphatic heterocycles. The van der Waals surface area contributed by atoms with E-state index in [1.807, 2.05) is 23.1 Å². The highest BCUT2D eigenvalue weighted by Crippen LogP contribution is 2.44. The van der Waals surface area contributed by atoms with Crippen molar-refractivity contribution < 1.29 is 9.53 Å². The third kappa shape index (κ3) is 2.37. The number of fused-ring (bicyclic) bond motifs is 3. The van der Waals surface area contributed by atoms with Gasteiger partial charge in [-0.3, -0.25) is 4.79 Å². The highest BCUT2D eigenvalue weighted by Gasteiger charge is 2.43. The molecule has 5 rings (SSSR count). The SMILES string of the molecule is O=C(c1c[nH]c2ccc(Cl)cc12)N1CCC2(CC1)OCc1ccccc12. The molecule has 5 heteroatoms. The Morgan fingerprint density at radius 2 is 1.96 bits per heavy atom. The van der Waals surface area contributed by atoms with Crippen LogP contribution in [-0.2, 0) is 16.9 Å². The van der Waals surface area contributed by atoms with Crippen molar-refractivity contribution in [2.24, 2.45) is 0 Å². The van der Waals surface area contributed by atoms with Crippen LogP contribution < -0.4 is 0 Å². The summed E-state index contributed by atoms with van der Waals surface area (Å²) >= 11 is 6.11. The number of carbonyl (C=O) groups excluding carboxylic acids is 1. The van der Waals surface area contributed by atoms with E-state index in [9.17, 15) is 4.79 Å². The van der Waals surface area contributed by atoms with Crippen LogP contribution in [0.3, 0.4) is 0 Å². The summed E-state index contributed by atoms with van der Waals surface area (Å²) in [5, 5.41) is 1.52. The Balaban J connectivity index is 1.39. The zero-order valence-corrected chi connectivity index (χ0v) is 15.1. The zero-order chi connectivity index (χ0) is 17.7. The largest absolute Gasteiger partial charge is 0.365 e. The van der Waals surface area contributed by atoms with Gasteiger partial charge >= 0.3 is 0 Å². The number of ether oxygens (including phenoxy) is 1. The van der Waals surface area contributed by atoms with E-state index in [0.717, 1.165) is 23.7 Å². The van der Waals surface area contributed by atoms with Gasteiger partial charge < -0.3 is 14.6 Å². The molecule has 0 atom stereocenters. The number of carbonyl (C=O) groups is 1. The van der Waals surface area contributed by atoms with E-state index in [1.165, 1.54) is 11.1 Å². The summed E-state index contributed by atoms with van der Waals surface area (Å²) in [7, 11) is 0. The molecule has 0 saturated carbocycles. The molecular formula is C21H19ClN2O2. The maximum atomic E-state index is 13.1. The van der Waals surface area contributed by atoms with Crippen LogP contribution in [0.5, 0.6) is 0 Å². The lowest BCUT2D eigenvalue weighted by molar-refractivity contribution is -0.0741. The molecule has 132 valence electrons. The third-order valence-electron chi connectivity index (χ3n) is 5.74. The van der Waals surface area contributed by atoms with Gasteiger partial charge in [-0.2, -0.15) is 0 Å². The number of aromatic amines is 1. The van der Waals surface area contributed by atoms with Crippen LogP contribution in [0, 0.1) is 0 Å². The second kappa shape index (κ2) is 5.86. The van der Waals surface area contributed by atoms with Gasteiger partial charge in [-0.25, -0.2) is 0 Å². The van der Waals surface area contributed by atoms with Crippen LogP contribution in [0.25, 0.3) is 10.9 Å². The Bertz CT molecular complexity index is 1000. The molecule has 0 bridgehead atoms. The number of benzene rings is 2. The molecule has 3 aromatic rings. The molecule has 0 radical (unpaired) electrons. The van der Waals surface area contributed by atoms with E-state index in [0.29, 0.717) is 30.3 Å². The summed E-state index contributed by atoms with van der Waals surface area (Å²) in [6, 6.07) is 14.0. The minimum Gasteiger partial charge on any atom is -0.365 e. The maximum absolute atomic E-state index is 13.1. The molecule has 0 aliphatic carbocycles. The van der Waals surface area contributed by atoms with Gasteiger partial charge in [0.1, 0.15) is 0 Å². The normalized spacial score (nSPS) is 18.4. The van der Waals surface area contributed by atoms with Gasteiger partial charge in [0, 0.05) is 35.2 Å². The predicted octanol–water partition coefficient (Wildman–Crippen LogP) is 4.48. The fourth-order valence-electron chi connectivity index (χ4n) is 4.31. The summed E-state index contributed by atoms with van der Waals surface area (Å²) < 4.78 is 6.20. The predicted molar refractivity (Wildman–Crippen MR) is 101 cm³/mol. The maximum Gasteiger partial charge on any atom is 0.256 e. The molecule has 0 unspecified atom stereocenters. The van der Waals surface area contributed by atoms with Crippen LogP contribution in [0.4, 0.5) is 0 Å². The van der Waals surface area contributed by atoms with Crippen molar-refractivity contribution in [1.82, 2.24) is 9.88 Å². The van der Waals surface area contributed by atoms with Crippen LogP contribution in [0.1, 0.15) is 34.3 Å². The first kappa shape index (κ1) is 15.9. The summed E-state index contributed by atoms with van der Waals surface area (Å²) in [5.74, 6) is 0.0552. The number of amides is 1. The molecule has 1 aromatic heterocycles. The van der Waals surface area contributed by atoms with Crippen molar-refractivity contribution in [3.63, 3.8) is 0 Å². The highest BCUT2D eigenvalue weighted by atomic mass is 35.5. The highest BCUT2D eigenvalue weighted by molar-refractivity contribution is 6.31. The molecule has 1 N–H and O–H groups in total. The van der Waals surface area contributed by atoms with Gasteiger partial charge in [-0.1, -0.05) is 35.9 Å². The quantitative estimate of drug-likeness (QED) is 0.690. The first-order chi connectivity index (χ1) is 12.7. The molecule has 2 aliphatic rings. The Morgan fingerprint density at radius 1 is 1.15 bits per heavy atom. The number of nitrogens with zero attached hydrogens (tertiary/aromatic N) is 1. The molecule has 1 spiro atoms. The molecule has 1 saturated heterocycles. The molecule has 1 fully saturated rings. The smallest absolute Gasteiger partial charge is 0.256 e. The van der Waals surface area contributed by atoms with E-state index in [2.05, 4.69) is 29.2 Å². The number of H-pyrrole nitrogens is 1. The molecule has 3 heterocycles. The van der Waals surface area contributed by atoms with Gasteiger partial charge in [-0.05, 0) is 42.2 Å². The minimum atomic E-state index is -0.225. The Labute approximate surface area is 156 Å². The van der Waals surface area contributed by atoms with Crippen LogP contribution in [-0.4, -0.2) is 28.9 Å². The van der Waals surface area contributed by atoms with E-state index >= 15 is 0 Å². The van der Waals surface area contributed by atoms with Gasteiger partial charge in [0.25, 0.3) is 5.91 Å². The number of nitrogens with one attached hydrogen (secondary N) is 1. The number of halogens is 1. The lowest BCUT2D eigenvalue weighted by Gasteiger charge is -2.39. The zero-order valence-electron chi connectivity index (χ0n) is 14.3. The number of piperidine rings is 1. The fraction of sp³-hybridized carbons (Fsp3) is 0.286. The Kier molecular flexibility index (Phi) is 3.59. The van der Waals surface area contributed by atoms with E-state index in [1.54, 1.807) is 6.20 Å². The first-order valence-electron chi connectivity index (χ1n) is 8.95. The second-order valence-corrected chi connectivity index (χ2v) is 7.56. The van der Waals surface area contributed by atoms with Gasteiger partial charge in [-0.15, -0.1) is 0 Å². The van der Waals surface area contributed by atoms with Crippen molar-refractivity contribution in [3.8, 4) is 0 Å². The standard InChI is InChI=1S/C21H19ClN2O2/c22-15-5-6-19-16(11-15)17(12-23-19)20(25)24-9-7-21(8-10-24)18-4-2-1-3-14(18)13-26-21/h1-6,11-12,23H,7-10,13H2. The van der Waals surface area contributed by atoms with E-state index in [4.69, 9.17) is 16.3 Å². The topological polar surface area (TPSA) is 45.3 Å². The molecule has 1 amide bonds. The van der Waals surface area contributed by atoms with Crippen molar-refractivity contribution in [2.75, 3.05) is 13.1 Å². The van der Waals surface area contributed by atoms with Gasteiger partial charge in [0.15, 0.2) is 0 Å². The van der Waals surface area contributed by atoms with Crippen LogP contribution >= 0.6 is 11.6 Å². The van der Waals surface area contributed by atoms with Gasteiger partial charge in [0.05, 0.1) is 17.8 Å².